The van der Waals surface area contributed by atoms with Crippen LogP contribution in [0.25, 0.3) is 0 Å². The minimum atomic E-state index is -4.74. The van der Waals surface area contributed by atoms with Crippen LogP contribution < -0.4 is 0 Å². The summed E-state index contributed by atoms with van der Waals surface area (Å²) in [7, 11) is 0. The van der Waals surface area contributed by atoms with E-state index in [-0.39, 0.29) is 10.8 Å². The van der Waals surface area contributed by atoms with Crippen LogP contribution in [0.2, 0.25) is 10.0 Å². The Morgan fingerprint density at radius 1 is 1.36 bits per heavy atom. The molecule has 0 aliphatic carbocycles. The Kier molecular flexibility index (Phi) is 7.98. The highest BCUT2D eigenvalue weighted by Gasteiger charge is 2.34. The van der Waals surface area contributed by atoms with E-state index in [0.717, 1.165) is 18.7 Å². The lowest BCUT2D eigenvalue weighted by Gasteiger charge is -2.10. The Morgan fingerprint density at radius 2 is 1.92 bits per heavy atom. The minimum Gasteiger partial charge on any atom is -0.427 e. The number of ether oxygens (including phenoxy) is 1. The van der Waals surface area contributed by atoms with E-state index in [2.05, 4.69) is 21.3 Å². The Hall–Kier alpha value is -1.51. The summed E-state index contributed by atoms with van der Waals surface area (Å²) in [5.74, 6) is -1.02. The number of esters is 1. The Bertz CT molecular complexity index is 714. The van der Waals surface area contributed by atoms with Gasteiger partial charge in [-0.25, -0.2) is 4.99 Å². The highest BCUT2D eigenvalue weighted by molar-refractivity contribution is 8.13. The summed E-state index contributed by atoms with van der Waals surface area (Å²) < 4.78 is 43.6. The van der Waals surface area contributed by atoms with Gasteiger partial charge in [-0.1, -0.05) is 29.8 Å². The lowest BCUT2D eigenvalue weighted by atomic mass is 10.3. The van der Waals surface area contributed by atoms with Gasteiger partial charge in [0.2, 0.25) is 0 Å². The highest BCUT2D eigenvalue weighted by atomic mass is 35.5. The molecule has 0 N–H and O–H groups in total. The van der Waals surface area contributed by atoms with Crippen LogP contribution in [0.1, 0.15) is 19.4 Å². The number of hydrogen-bond acceptors (Lipinski definition) is 5. The van der Waals surface area contributed by atoms with E-state index in [1.165, 1.54) is 19.3 Å². The number of carbonyl (C=O) groups excluding carboxylic acids is 1. The fourth-order valence-electron chi connectivity index (χ4n) is 1.50. The Labute approximate surface area is 156 Å². The highest BCUT2D eigenvalue weighted by Crippen LogP contribution is 2.31. The number of aromatic nitrogens is 1. The number of halogens is 5. The molecule has 0 amide bonds. The van der Waals surface area contributed by atoms with Crippen molar-refractivity contribution in [1.82, 2.24) is 4.98 Å². The van der Waals surface area contributed by atoms with Gasteiger partial charge in [0.15, 0.2) is 0 Å². The molecule has 1 heterocycles. The molecule has 4 nitrogen and oxygen atoms in total. The average molecular weight is 413 g/mol. The first-order chi connectivity index (χ1) is 11.5. The summed E-state index contributed by atoms with van der Waals surface area (Å²) in [5.41, 5.74) is -0.699. The molecule has 10 heteroatoms. The Balaban J connectivity index is 2.96. The summed E-state index contributed by atoms with van der Waals surface area (Å²) >= 11 is 12.9. The van der Waals surface area contributed by atoms with Crippen LogP contribution >= 0.6 is 35.0 Å². The minimum absolute atomic E-state index is 0.114. The molecular weight excluding hydrogens is 400 g/mol. The third kappa shape index (κ3) is 7.50. The van der Waals surface area contributed by atoms with Gasteiger partial charge in [0.25, 0.3) is 0 Å². The number of carbonyl (C=O) groups is 1. The normalized spacial score (nSPS) is 12.9. The van der Waals surface area contributed by atoms with Crippen molar-refractivity contribution in [2.45, 2.75) is 25.8 Å². The summed E-state index contributed by atoms with van der Waals surface area (Å²) in [6, 6.07) is 0. The number of alkyl halides is 3. The lowest BCUT2D eigenvalue weighted by Crippen LogP contribution is -2.12. The van der Waals surface area contributed by atoms with Gasteiger partial charge in [0.05, 0.1) is 15.1 Å². The number of pyridine rings is 1. The van der Waals surface area contributed by atoms with Gasteiger partial charge in [0, 0.05) is 36.7 Å². The van der Waals surface area contributed by atoms with Gasteiger partial charge in [-0.3, -0.25) is 9.78 Å². The molecule has 25 heavy (non-hydrogen) atoms. The van der Waals surface area contributed by atoms with Crippen molar-refractivity contribution in [3.05, 3.63) is 52.1 Å². The SMILES string of the molecule is C=C(/C=C(\N=C(/C)SCc1c(Cl)cncc1Cl)C(F)(F)F)OC(C)=O. The zero-order chi connectivity index (χ0) is 19.2. The number of nitrogens with zero attached hydrogens (tertiary/aromatic N) is 2. The van der Waals surface area contributed by atoms with Crippen molar-refractivity contribution in [2.75, 3.05) is 0 Å². The summed E-state index contributed by atoms with van der Waals surface area (Å²) in [4.78, 5) is 18.1. The van der Waals surface area contributed by atoms with Crippen LogP contribution in [-0.2, 0) is 15.3 Å². The van der Waals surface area contributed by atoms with Crippen LogP contribution in [0.4, 0.5) is 13.2 Å². The molecule has 1 rings (SSSR count). The second-order valence-corrected chi connectivity index (χ2v) is 6.57. The maximum atomic E-state index is 13.1. The lowest BCUT2D eigenvalue weighted by molar-refractivity contribution is -0.136. The standard InChI is InChI=1S/C15H13Cl2F3N2O2S/c1-8(24-10(3)23)4-14(15(18,19)20)22-9(2)25-7-11-12(16)5-21-6-13(11)17/h4-6H,1,7H2,2-3H3/b14-4-,22-9+. The molecule has 136 valence electrons. The molecule has 0 fully saturated rings. The maximum Gasteiger partial charge on any atom is 0.433 e. The van der Waals surface area contributed by atoms with Gasteiger partial charge in [-0.2, -0.15) is 13.2 Å². The van der Waals surface area contributed by atoms with Crippen molar-refractivity contribution in [2.24, 2.45) is 4.99 Å². The van der Waals surface area contributed by atoms with Crippen molar-refractivity contribution >= 4 is 46.0 Å². The van der Waals surface area contributed by atoms with Crippen LogP contribution in [-0.4, -0.2) is 22.2 Å². The molecule has 0 spiro atoms. The molecule has 0 saturated carbocycles. The predicted octanol–water partition coefficient (Wildman–Crippen LogP) is 5.56. The quantitative estimate of drug-likeness (QED) is 0.208. The third-order valence-corrected chi connectivity index (χ3v) is 4.11. The predicted molar refractivity (Wildman–Crippen MR) is 93.7 cm³/mol. The molecule has 0 atom stereocenters. The first-order valence-corrected chi connectivity index (χ1v) is 8.37. The van der Waals surface area contributed by atoms with E-state index < -0.39 is 23.6 Å². The molecule has 1 aromatic rings. The molecule has 0 aliphatic rings. The fourth-order valence-corrected chi connectivity index (χ4v) is 2.98. The summed E-state index contributed by atoms with van der Waals surface area (Å²) in [6.45, 7) is 5.69. The smallest absolute Gasteiger partial charge is 0.427 e. The van der Waals surface area contributed by atoms with Gasteiger partial charge >= 0.3 is 12.1 Å². The zero-order valence-corrected chi connectivity index (χ0v) is 15.5. The van der Waals surface area contributed by atoms with Gasteiger partial charge in [0.1, 0.15) is 11.5 Å². The first-order valence-electron chi connectivity index (χ1n) is 6.63. The van der Waals surface area contributed by atoms with Crippen LogP contribution in [0, 0.1) is 0 Å². The fraction of sp³-hybridized carbons (Fsp3) is 0.267. The molecule has 0 radical (unpaired) electrons. The van der Waals surface area contributed by atoms with Gasteiger partial charge < -0.3 is 4.74 Å². The third-order valence-electron chi connectivity index (χ3n) is 2.52. The molecule has 0 aliphatic heterocycles. The molecular formula is C15H13Cl2F3N2O2S. The van der Waals surface area contributed by atoms with Crippen LogP contribution in [0.3, 0.4) is 0 Å². The van der Waals surface area contributed by atoms with Crippen LogP contribution in [0.15, 0.2) is 41.5 Å². The number of rotatable bonds is 5. The Morgan fingerprint density at radius 3 is 2.40 bits per heavy atom. The van der Waals surface area contributed by atoms with Crippen molar-refractivity contribution in [3.63, 3.8) is 0 Å². The molecule has 0 saturated heterocycles. The maximum absolute atomic E-state index is 13.1. The summed E-state index contributed by atoms with van der Waals surface area (Å²) in [6.07, 6.45) is -1.41. The first kappa shape index (κ1) is 21.5. The molecule has 0 bridgehead atoms. The molecule has 1 aromatic heterocycles. The topological polar surface area (TPSA) is 51.6 Å². The molecule has 0 unspecified atom stereocenters. The second kappa shape index (κ2) is 9.26. The van der Waals surface area contributed by atoms with Crippen molar-refractivity contribution in [3.8, 4) is 0 Å². The van der Waals surface area contributed by atoms with E-state index in [1.807, 2.05) is 0 Å². The van der Waals surface area contributed by atoms with E-state index in [9.17, 15) is 18.0 Å². The van der Waals surface area contributed by atoms with Crippen molar-refractivity contribution < 1.29 is 22.7 Å². The number of allylic oxidation sites excluding steroid dienone is 2. The van der Waals surface area contributed by atoms with Crippen molar-refractivity contribution in [1.29, 1.82) is 0 Å². The number of hydrogen-bond donors (Lipinski definition) is 0. The van der Waals surface area contributed by atoms with E-state index in [4.69, 9.17) is 23.2 Å². The van der Waals surface area contributed by atoms with Gasteiger partial charge in [-0.05, 0) is 6.92 Å². The average Bonchev–Trinajstić information content (AvgIpc) is 2.44. The molecule has 0 aromatic carbocycles. The van der Waals surface area contributed by atoms with Crippen LogP contribution in [0.5, 0.6) is 0 Å². The second-order valence-electron chi connectivity index (χ2n) is 4.59. The number of thioether (sulfide) groups is 1. The van der Waals surface area contributed by atoms with Gasteiger partial charge in [-0.15, -0.1) is 11.8 Å². The van der Waals surface area contributed by atoms with E-state index in [0.29, 0.717) is 21.7 Å². The van der Waals surface area contributed by atoms with E-state index in [1.54, 1.807) is 0 Å². The number of aliphatic imine (C=N–C) groups is 1. The largest absolute Gasteiger partial charge is 0.433 e. The zero-order valence-electron chi connectivity index (χ0n) is 13.2. The monoisotopic (exact) mass is 412 g/mol. The van der Waals surface area contributed by atoms with E-state index >= 15 is 0 Å². The summed E-state index contributed by atoms with van der Waals surface area (Å²) in [5, 5.41) is 0.730.